The van der Waals surface area contributed by atoms with Gasteiger partial charge in [0, 0.05) is 6.04 Å². The van der Waals surface area contributed by atoms with E-state index >= 15 is 0 Å². The van der Waals surface area contributed by atoms with Gasteiger partial charge >= 0.3 is 0 Å². The van der Waals surface area contributed by atoms with Crippen LogP contribution in [0.4, 0.5) is 0 Å². The van der Waals surface area contributed by atoms with Crippen molar-refractivity contribution in [2.24, 2.45) is 0 Å². The lowest BCUT2D eigenvalue weighted by Gasteiger charge is -2.13. The van der Waals surface area contributed by atoms with E-state index in [1.165, 1.54) is 42.8 Å². The molecular weight excluding hydrogens is 238 g/mol. The maximum absolute atomic E-state index is 3.61. The molecule has 0 amide bonds. The SMILES string of the molecule is CCSCCC(C)NCCCCc1ccccc1. The van der Waals surface area contributed by atoms with Crippen LogP contribution in [0.1, 0.15) is 38.7 Å². The summed E-state index contributed by atoms with van der Waals surface area (Å²) in [6.45, 7) is 5.69. The average Bonchev–Trinajstić information content (AvgIpc) is 2.40. The summed E-state index contributed by atoms with van der Waals surface area (Å²) in [4.78, 5) is 0. The van der Waals surface area contributed by atoms with Crippen LogP contribution in [0.25, 0.3) is 0 Å². The van der Waals surface area contributed by atoms with Gasteiger partial charge in [-0.1, -0.05) is 37.3 Å². The third-order valence-corrected chi connectivity index (χ3v) is 4.06. The van der Waals surface area contributed by atoms with Gasteiger partial charge < -0.3 is 5.32 Å². The average molecular weight is 265 g/mol. The van der Waals surface area contributed by atoms with Crippen LogP contribution in [-0.2, 0) is 6.42 Å². The van der Waals surface area contributed by atoms with Gasteiger partial charge in [0.15, 0.2) is 0 Å². The molecule has 0 bridgehead atoms. The number of rotatable bonds is 10. The Labute approximate surface area is 117 Å². The van der Waals surface area contributed by atoms with Gasteiger partial charge in [-0.15, -0.1) is 0 Å². The molecule has 1 nitrogen and oxygen atoms in total. The number of unbranched alkanes of at least 4 members (excludes halogenated alkanes) is 1. The predicted octanol–water partition coefficient (Wildman–Crippen LogP) is 4.13. The first-order chi connectivity index (χ1) is 8.83. The highest BCUT2D eigenvalue weighted by molar-refractivity contribution is 7.99. The summed E-state index contributed by atoms with van der Waals surface area (Å²) in [6.07, 6.45) is 5.06. The Balaban J connectivity index is 1.95. The van der Waals surface area contributed by atoms with Crippen LogP contribution in [-0.4, -0.2) is 24.1 Å². The molecule has 0 fully saturated rings. The largest absolute Gasteiger partial charge is 0.314 e. The summed E-state index contributed by atoms with van der Waals surface area (Å²) in [7, 11) is 0. The first kappa shape index (κ1) is 15.6. The molecule has 1 atom stereocenters. The van der Waals surface area contributed by atoms with Gasteiger partial charge in [0.2, 0.25) is 0 Å². The Morgan fingerprint density at radius 2 is 1.94 bits per heavy atom. The molecule has 0 spiro atoms. The minimum absolute atomic E-state index is 0.667. The minimum atomic E-state index is 0.667. The Kier molecular flexibility index (Phi) is 9.05. The zero-order chi connectivity index (χ0) is 13.1. The van der Waals surface area contributed by atoms with Gasteiger partial charge in [0.25, 0.3) is 0 Å². The molecule has 0 saturated carbocycles. The maximum Gasteiger partial charge on any atom is 0.00465 e. The molecule has 1 aromatic carbocycles. The molecule has 0 aliphatic carbocycles. The predicted molar refractivity (Wildman–Crippen MR) is 84.5 cm³/mol. The summed E-state index contributed by atoms with van der Waals surface area (Å²) in [5, 5.41) is 3.61. The van der Waals surface area contributed by atoms with E-state index in [1.54, 1.807) is 0 Å². The van der Waals surface area contributed by atoms with Gasteiger partial charge in [-0.3, -0.25) is 0 Å². The van der Waals surface area contributed by atoms with Crippen LogP contribution in [0.15, 0.2) is 30.3 Å². The number of hydrogen-bond acceptors (Lipinski definition) is 2. The Bertz CT molecular complexity index is 286. The summed E-state index contributed by atoms with van der Waals surface area (Å²) in [5.74, 6) is 2.53. The van der Waals surface area contributed by atoms with Crippen molar-refractivity contribution in [1.82, 2.24) is 5.32 Å². The molecule has 0 heterocycles. The topological polar surface area (TPSA) is 12.0 Å². The molecule has 1 aromatic rings. The summed E-state index contributed by atoms with van der Waals surface area (Å²) in [5.41, 5.74) is 1.46. The first-order valence-electron chi connectivity index (χ1n) is 7.18. The monoisotopic (exact) mass is 265 g/mol. The Morgan fingerprint density at radius 3 is 2.67 bits per heavy atom. The van der Waals surface area contributed by atoms with Gasteiger partial charge in [-0.2, -0.15) is 11.8 Å². The second-order valence-corrected chi connectivity index (χ2v) is 6.18. The van der Waals surface area contributed by atoms with Crippen molar-refractivity contribution in [2.45, 2.75) is 45.6 Å². The molecule has 0 radical (unpaired) electrons. The summed E-state index contributed by atoms with van der Waals surface area (Å²) >= 11 is 2.04. The number of aryl methyl sites for hydroxylation is 1. The number of thioether (sulfide) groups is 1. The minimum Gasteiger partial charge on any atom is -0.314 e. The second-order valence-electron chi connectivity index (χ2n) is 4.78. The van der Waals surface area contributed by atoms with E-state index in [1.807, 2.05) is 11.8 Å². The molecule has 18 heavy (non-hydrogen) atoms. The van der Waals surface area contributed by atoms with Gasteiger partial charge in [0.1, 0.15) is 0 Å². The maximum atomic E-state index is 3.61. The normalized spacial score (nSPS) is 12.6. The van der Waals surface area contributed by atoms with Crippen molar-refractivity contribution in [2.75, 3.05) is 18.1 Å². The van der Waals surface area contributed by atoms with Crippen LogP contribution < -0.4 is 5.32 Å². The molecule has 0 aliphatic rings. The highest BCUT2D eigenvalue weighted by atomic mass is 32.2. The molecule has 0 saturated heterocycles. The van der Waals surface area contributed by atoms with Crippen molar-refractivity contribution < 1.29 is 0 Å². The fourth-order valence-electron chi connectivity index (χ4n) is 1.95. The third kappa shape index (κ3) is 7.78. The molecule has 1 rings (SSSR count). The molecule has 0 aliphatic heterocycles. The zero-order valence-corrected chi connectivity index (χ0v) is 12.6. The van der Waals surface area contributed by atoms with Crippen molar-refractivity contribution >= 4 is 11.8 Å². The Morgan fingerprint density at radius 1 is 1.17 bits per heavy atom. The van der Waals surface area contributed by atoms with Gasteiger partial charge in [0.05, 0.1) is 0 Å². The highest BCUT2D eigenvalue weighted by Crippen LogP contribution is 2.05. The lowest BCUT2D eigenvalue weighted by atomic mass is 10.1. The van der Waals surface area contributed by atoms with E-state index < -0.39 is 0 Å². The standard InChI is InChI=1S/C16H27NS/c1-3-18-14-12-15(2)17-13-8-7-11-16-9-5-4-6-10-16/h4-6,9-10,15,17H,3,7-8,11-14H2,1-2H3. The highest BCUT2D eigenvalue weighted by Gasteiger charge is 2.00. The molecule has 2 heteroatoms. The molecule has 1 unspecified atom stereocenters. The number of hydrogen-bond donors (Lipinski definition) is 1. The van der Waals surface area contributed by atoms with E-state index in [-0.39, 0.29) is 0 Å². The summed E-state index contributed by atoms with van der Waals surface area (Å²) in [6, 6.07) is 11.4. The van der Waals surface area contributed by atoms with E-state index in [4.69, 9.17) is 0 Å². The van der Waals surface area contributed by atoms with Crippen molar-refractivity contribution in [3.05, 3.63) is 35.9 Å². The van der Waals surface area contributed by atoms with Crippen LogP contribution in [0.3, 0.4) is 0 Å². The lowest BCUT2D eigenvalue weighted by molar-refractivity contribution is 0.519. The molecule has 0 aromatic heterocycles. The molecular formula is C16H27NS. The fourth-order valence-corrected chi connectivity index (χ4v) is 2.76. The van der Waals surface area contributed by atoms with E-state index in [9.17, 15) is 0 Å². The lowest BCUT2D eigenvalue weighted by Crippen LogP contribution is -2.27. The van der Waals surface area contributed by atoms with Crippen LogP contribution in [0.2, 0.25) is 0 Å². The van der Waals surface area contributed by atoms with Crippen molar-refractivity contribution in [1.29, 1.82) is 0 Å². The number of benzene rings is 1. The van der Waals surface area contributed by atoms with Crippen molar-refractivity contribution in [3.63, 3.8) is 0 Å². The Hall–Kier alpha value is -0.470. The van der Waals surface area contributed by atoms with Crippen molar-refractivity contribution in [3.8, 4) is 0 Å². The molecule has 1 N–H and O–H groups in total. The van der Waals surface area contributed by atoms with Gasteiger partial charge in [-0.25, -0.2) is 0 Å². The fraction of sp³-hybridized carbons (Fsp3) is 0.625. The van der Waals surface area contributed by atoms with E-state index in [2.05, 4.69) is 49.5 Å². The van der Waals surface area contributed by atoms with E-state index in [0.717, 1.165) is 6.54 Å². The first-order valence-corrected chi connectivity index (χ1v) is 8.33. The number of nitrogens with one attached hydrogen (secondary N) is 1. The third-order valence-electron chi connectivity index (χ3n) is 3.13. The van der Waals surface area contributed by atoms with E-state index in [0.29, 0.717) is 6.04 Å². The quantitative estimate of drug-likeness (QED) is 0.638. The van der Waals surface area contributed by atoms with Gasteiger partial charge in [-0.05, 0) is 56.2 Å². The van der Waals surface area contributed by atoms with Crippen LogP contribution in [0.5, 0.6) is 0 Å². The van der Waals surface area contributed by atoms with Crippen LogP contribution in [0, 0.1) is 0 Å². The van der Waals surface area contributed by atoms with Crippen LogP contribution >= 0.6 is 11.8 Å². The summed E-state index contributed by atoms with van der Waals surface area (Å²) < 4.78 is 0. The second kappa shape index (κ2) is 10.5. The zero-order valence-electron chi connectivity index (χ0n) is 11.8. The smallest absolute Gasteiger partial charge is 0.00465 e. The molecule has 102 valence electrons.